The number of nitrogens with one attached hydrogen (secondary N) is 1. The van der Waals surface area contributed by atoms with Gasteiger partial charge in [0.25, 0.3) is 0 Å². The van der Waals surface area contributed by atoms with Crippen molar-refractivity contribution in [2.45, 2.75) is 51.7 Å². The van der Waals surface area contributed by atoms with Gasteiger partial charge in [0.1, 0.15) is 5.82 Å². The van der Waals surface area contributed by atoms with Crippen LogP contribution in [0.15, 0.2) is 30.3 Å². The van der Waals surface area contributed by atoms with E-state index in [0.29, 0.717) is 13.2 Å². The highest BCUT2D eigenvalue weighted by Gasteiger charge is 2.40. The Morgan fingerprint density at radius 2 is 1.64 bits per heavy atom. The molecule has 0 amide bonds. The smallest absolute Gasteiger partial charge is 0.227 e. The first kappa shape index (κ1) is 19.2. The third-order valence-electron chi connectivity index (χ3n) is 5.49. The number of nitrogens with zero attached hydrogens (tertiary/aromatic N) is 3. The van der Waals surface area contributed by atoms with Crippen molar-refractivity contribution in [2.75, 3.05) is 36.5 Å². The van der Waals surface area contributed by atoms with Gasteiger partial charge >= 0.3 is 0 Å². The van der Waals surface area contributed by atoms with Crippen LogP contribution in [0.4, 0.5) is 17.5 Å². The maximum absolute atomic E-state index is 5.82. The lowest BCUT2D eigenvalue weighted by molar-refractivity contribution is -0.169. The van der Waals surface area contributed by atoms with Crippen molar-refractivity contribution in [3.05, 3.63) is 41.6 Å². The van der Waals surface area contributed by atoms with Gasteiger partial charge in [-0.05, 0) is 30.0 Å². The van der Waals surface area contributed by atoms with E-state index in [1.165, 1.54) is 5.56 Å². The molecule has 1 aromatic heterocycles. The SMILES string of the molecule is Cc1cc(Nc2ccc(C(C)(C)C)cc2)nc(N2CCC3(CC2)OCCO3)n1. The van der Waals surface area contributed by atoms with Crippen LogP contribution in [0.5, 0.6) is 0 Å². The van der Waals surface area contributed by atoms with Crippen LogP contribution in [0, 0.1) is 6.92 Å². The molecule has 2 aliphatic heterocycles. The van der Waals surface area contributed by atoms with E-state index in [-0.39, 0.29) is 11.2 Å². The summed E-state index contributed by atoms with van der Waals surface area (Å²) in [5.41, 5.74) is 3.45. The van der Waals surface area contributed by atoms with Gasteiger partial charge in [0.05, 0.1) is 13.2 Å². The molecule has 2 aliphatic rings. The van der Waals surface area contributed by atoms with Gasteiger partial charge in [-0.25, -0.2) is 4.98 Å². The first-order valence-corrected chi connectivity index (χ1v) is 10.1. The maximum atomic E-state index is 5.82. The lowest BCUT2D eigenvalue weighted by Crippen LogP contribution is -2.45. The predicted molar refractivity (Wildman–Crippen MR) is 111 cm³/mol. The molecule has 1 aromatic carbocycles. The fourth-order valence-corrected chi connectivity index (χ4v) is 3.79. The van der Waals surface area contributed by atoms with Crippen molar-refractivity contribution in [2.24, 2.45) is 0 Å². The lowest BCUT2D eigenvalue weighted by Gasteiger charge is -2.37. The maximum Gasteiger partial charge on any atom is 0.227 e. The molecule has 0 radical (unpaired) electrons. The van der Waals surface area contributed by atoms with Crippen molar-refractivity contribution >= 4 is 17.5 Å². The zero-order chi connectivity index (χ0) is 19.8. The molecule has 0 unspecified atom stereocenters. The number of anilines is 3. The van der Waals surface area contributed by atoms with E-state index in [1.54, 1.807) is 0 Å². The highest BCUT2D eigenvalue weighted by Crippen LogP contribution is 2.33. The molecular formula is C22H30N4O2. The van der Waals surface area contributed by atoms with Crippen LogP contribution in [0.25, 0.3) is 0 Å². The number of hydrogen-bond acceptors (Lipinski definition) is 6. The summed E-state index contributed by atoms with van der Waals surface area (Å²) >= 11 is 0. The Bertz CT molecular complexity index is 813. The molecule has 4 rings (SSSR count). The van der Waals surface area contributed by atoms with E-state index in [2.05, 4.69) is 60.2 Å². The lowest BCUT2D eigenvalue weighted by atomic mass is 9.87. The largest absolute Gasteiger partial charge is 0.347 e. The summed E-state index contributed by atoms with van der Waals surface area (Å²) in [6.07, 6.45) is 1.70. The van der Waals surface area contributed by atoms with Crippen molar-refractivity contribution in [1.82, 2.24) is 9.97 Å². The van der Waals surface area contributed by atoms with E-state index in [9.17, 15) is 0 Å². The van der Waals surface area contributed by atoms with E-state index in [4.69, 9.17) is 14.5 Å². The average Bonchev–Trinajstić information content (AvgIpc) is 3.09. The number of ether oxygens (including phenoxy) is 2. The summed E-state index contributed by atoms with van der Waals surface area (Å²) in [5.74, 6) is 1.21. The van der Waals surface area contributed by atoms with E-state index >= 15 is 0 Å². The number of hydrogen-bond donors (Lipinski definition) is 1. The van der Waals surface area contributed by atoms with E-state index < -0.39 is 0 Å². The molecule has 0 aliphatic carbocycles. The Morgan fingerprint density at radius 3 is 2.25 bits per heavy atom. The van der Waals surface area contributed by atoms with Gasteiger partial charge in [0.2, 0.25) is 5.95 Å². The Balaban J connectivity index is 1.47. The van der Waals surface area contributed by atoms with Crippen LogP contribution in [0.3, 0.4) is 0 Å². The van der Waals surface area contributed by atoms with Crippen molar-refractivity contribution in [1.29, 1.82) is 0 Å². The predicted octanol–water partition coefficient (Wildman–Crippen LogP) is 4.17. The molecule has 0 atom stereocenters. The molecule has 1 N–H and O–H groups in total. The molecule has 6 heteroatoms. The van der Waals surface area contributed by atoms with Crippen LogP contribution in [0.2, 0.25) is 0 Å². The van der Waals surface area contributed by atoms with Crippen LogP contribution >= 0.6 is 0 Å². The van der Waals surface area contributed by atoms with Gasteiger partial charge < -0.3 is 19.7 Å². The van der Waals surface area contributed by atoms with Gasteiger partial charge in [0.15, 0.2) is 5.79 Å². The van der Waals surface area contributed by atoms with E-state index in [0.717, 1.165) is 49.1 Å². The Hall–Kier alpha value is -2.18. The molecule has 28 heavy (non-hydrogen) atoms. The number of aromatic nitrogens is 2. The molecule has 3 heterocycles. The number of rotatable bonds is 3. The minimum atomic E-state index is -0.379. The topological polar surface area (TPSA) is 59.5 Å². The summed E-state index contributed by atoms with van der Waals surface area (Å²) in [5, 5.41) is 3.42. The second-order valence-corrected chi connectivity index (χ2v) is 8.74. The molecular weight excluding hydrogens is 352 g/mol. The Morgan fingerprint density at radius 1 is 1.00 bits per heavy atom. The summed E-state index contributed by atoms with van der Waals surface area (Å²) in [6, 6.07) is 10.5. The van der Waals surface area contributed by atoms with Crippen molar-refractivity contribution in [3.63, 3.8) is 0 Å². The minimum absolute atomic E-state index is 0.148. The summed E-state index contributed by atoms with van der Waals surface area (Å²) in [6.45, 7) is 11.7. The van der Waals surface area contributed by atoms with Crippen LogP contribution in [-0.4, -0.2) is 42.1 Å². The molecule has 1 spiro atoms. The standard InChI is InChI=1S/C22H30N4O2/c1-16-15-19(24-18-7-5-17(6-8-18)21(2,3)4)25-20(23-16)26-11-9-22(10-12-26)27-13-14-28-22/h5-8,15H,9-14H2,1-4H3,(H,23,24,25). The average molecular weight is 383 g/mol. The third kappa shape index (κ3) is 4.13. The monoisotopic (exact) mass is 382 g/mol. The Labute approximate surface area is 167 Å². The van der Waals surface area contributed by atoms with Crippen LogP contribution in [0.1, 0.15) is 44.9 Å². The fraction of sp³-hybridized carbons (Fsp3) is 0.545. The Kier molecular flexibility index (Phi) is 5.02. The molecule has 150 valence electrons. The van der Waals surface area contributed by atoms with Crippen LogP contribution < -0.4 is 10.2 Å². The van der Waals surface area contributed by atoms with Gasteiger partial charge in [-0.15, -0.1) is 0 Å². The highest BCUT2D eigenvalue weighted by molar-refractivity contribution is 5.58. The second kappa shape index (κ2) is 7.33. The highest BCUT2D eigenvalue weighted by atomic mass is 16.7. The number of piperidine rings is 1. The molecule has 0 saturated carbocycles. The molecule has 2 saturated heterocycles. The zero-order valence-electron chi connectivity index (χ0n) is 17.3. The first-order valence-electron chi connectivity index (χ1n) is 10.1. The summed E-state index contributed by atoms with van der Waals surface area (Å²) in [4.78, 5) is 11.6. The van der Waals surface area contributed by atoms with E-state index in [1.807, 2.05) is 13.0 Å². The third-order valence-corrected chi connectivity index (χ3v) is 5.49. The minimum Gasteiger partial charge on any atom is -0.347 e. The fourth-order valence-electron chi connectivity index (χ4n) is 3.79. The van der Waals surface area contributed by atoms with Crippen molar-refractivity contribution in [3.8, 4) is 0 Å². The van der Waals surface area contributed by atoms with Crippen molar-refractivity contribution < 1.29 is 9.47 Å². The normalized spacial score (nSPS) is 19.2. The first-order chi connectivity index (χ1) is 13.3. The number of benzene rings is 1. The van der Waals surface area contributed by atoms with Gasteiger partial charge in [0, 0.05) is 43.4 Å². The van der Waals surface area contributed by atoms with Gasteiger partial charge in [-0.1, -0.05) is 32.9 Å². The van der Waals surface area contributed by atoms with Crippen LogP contribution in [-0.2, 0) is 14.9 Å². The molecule has 2 aromatic rings. The summed E-state index contributed by atoms with van der Waals surface area (Å²) in [7, 11) is 0. The van der Waals surface area contributed by atoms with Gasteiger partial charge in [-0.3, -0.25) is 0 Å². The molecule has 2 fully saturated rings. The molecule has 6 nitrogen and oxygen atoms in total. The quantitative estimate of drug-likeness (QED) is 0.860. The zero-order valence-corrected chi connectivity index (χ0v) is 17.3. The summed E-state index contributed by atoms with van der Waals surface area (Å²) < 4.78 is 11.6. The number of aryl methyl sites for hydroxylation is 1. The second-order valence-electron chi connectivity index (χ2n) is 8.74. The van der Waals surface area contributed by atoms with Gasteiger partial charge in [-0.2, -0.15) is 4.98 Å². The molecule has 0 bridgehead atoms.